The lowest BCUT2D eigenvalue weighted by Gasteiger charge is -2.23. The van der Waals surface area contributed by atoms with E-state index in [-0.39, 0.29) is 24.5 Å². The number of halogens is 9. The summed E-state index contributed by atoms with van der Waals surface area (Å²) in [5.41, 5.74) is -1.04. The molecule has 15 heteroatoms. The van der Waals surface area contributed by atoms with Gasteiger partial charge in [0.15, 0.2) is 23.2 Å². The Kier molecular flexibility index (Phi) is 9.31. The van der Waals surface area contributed by atoms with Gasteiger partial charge >= 0.3 is 24.9 Å². The number of ether oxygens (including phenoxy) is 2. The highest BCUT2D eigenvalue weighted by atomic mass is 35.5. The van der Waals surface area contributed by atoms with Crippen LogP contribution in [0.2, 0.25) is 5.15 Å². The smallest absolute Gasteiger partial charge is 0.400 e. The summed E-state index contributed by atoms with van der Waals surface area (Å²) in [5.74, 6) is -6.01. The fourth-order valence-corrected chi connectivity index (χ4v) is 3.29. The van der Waals surface area contributed by atoms with Gasteiger partial charge in [0.1, 0.15) is 11.0 Å². The summed E-state index contributed by atoms with van der Waals surface area (Å²) in [6, 6.07) is 0.577. The lowest BCUT2D eigenvalue weighted by Crippen LogP contribution is -2.38. The minimum absolute atomic E-state index is 0.0280. The number of carbonyl (C=O) groups is 1. The number of alkyl halides is 8. The highest BCUT2D eigenvalue weighted by Gasteiger charge is 2.56. The Hall–Kier alpha value is -2.64. The maximum Gasteiger partial charge on any atom is 0.400 e. The molecule has 0 bridgehead atoms. The zero-order valence-corrected chi connectivity index (χ0v) is 19.1. The van der Waals surface area contributed by atoms with Gasteiger partial charge in [0.2, 0.25) is 0 Å². The van der Waals surface area contributed by atoms with Gasteiger partial charge in [-0.2, -0.15) is 35.1 Å². The molecular weight excluding hydrogens is 518 g/mol. The van der Waals surface area contributed by atoms with Crippen LogP contribution in [-0.2, 0) is 17.6 Å². The van der Waals surface area contributed by atoms with Crippen molar-refractivity contribution >= 4 is 17.6 Å². The van der Waals surface area contributed by atoms with Crippen LogP contribution in [0, 0.1) is 5.92 Å². The average Bonchev–Trinajstić information content (AvgIpc) is 3.06. The molecule has 0 atom stereocenters. The van der Waals surface area contributed by atoms with Crippen molar-refractivity contribution in [2.24, 2.45) is 5.92 Å². The minimum Gasteiger partial charge on any atom is -0.461 e. The van der Waals surface area contributed by atoms with Gasteiger partial charge in [-0.25, -0.2) is 14.8 Å². The molecule has 0 radical (unpaired) electrons. The van der Waals surface area contributed by atoms with Crippen LogP contribution in [-0.4, -0.2) is 46.1 Å². The van der Waals surface area contributed by atoms with Gasteiger partial charge in [-0.15, -0.1) is 0 Å². The SMILES string of the molecule is CCCCOC(=O)c1nc(CC)n(-c2ncc(CC(C(F)(F)F)C(F)(F)F)cc2OC(F)F)c1Cl. The van der Waals surface area contributed by atoms with Crippen LogP contribution in [0.3, 0.4) is 0 Å². The molecule has 0 aliphatic carbocycles. The van der Waals surface area contributed by atoms with Crippen LogP contribution in [0.5, 0.6) is 5.75 Å². The number of aromatic nitrogens is 3. The van der Waals surface area contributed by atoms with E-state index in [4.69, 9.17) is 16.3 Å². The Balaban J connectivity index is 2.55. The van der Waals surface area contributed by atoms with E-state index in [1.165, 1.54) is 0 Å². The third-order valence-electron chi connectivity index (χ3n) is 4.68. The molecule has 6 nitrogen and oxygen atoms in total. The zero-order valence-electron chi connectivity index (χ0n) is 18.3. The molecule has 196 valence electrons. The third kappa shape index (κ3) is 7.18. The van der Waals surface area contributed by atoms with Crippen molar-refractivity contribution in [1.82, 2.24) is 14.5 Å². The van der Waals surface area contributed by atoms with Crippen molar-refractivity contribution in [3.63, 3.8) is 0 Å². The van der Waals surface area contributed by atoms with Crippen LogP contribution in [0.1, 0.15) is 48.6 Å². The molecule has 2 aromatic heterocycles. The van der Waals surface area contributed by atoms with Gasteiger partial charge in [0.25, 0.3) is 0 Å². The van der Waals surface area contributed by atoms with Crippen molar-refractivity contribution in [1.29, 1.82) is 0 Å². The molecule has 0 spiro atoms. The first-order valence-corrected chi connectivity index (χ1v) is 10.6. The largest absolute Gasteiger partial charge is 0.461 e. The van der Waals surface area contributed by atoms with Crippen molar-refractivity contribution < 1.29 is 49.4 Å². The molecule has 0 unspecified atom stereocenters. The van der Waals surface area contributed by atoms with Gasteiger partial charge in [0, 0.05) is 12.6 Å². The standard InChI is InChI=1S/C20H20ClF8N3O3/c1-3-5-6-34-17(33)14-15(21)32(13(4-2)31-14)16-11(35-18(22)23)7-10(9-30-16)8-12(19(24,25)26)20(27,28)29/h7,9,12,18H,3-6,8H2,1-2H3. The molecular formula is C20H20ClF8N3O3. The summed E-state index contributed by atoms with van der Waals surface area (Å²) in [5, 5.41) is -0.411. The van der Waals surface area contributed by atoms with Gasteiger partial charge in [-0.05, 0) is 24.5 Å². The number of imidazole rings is 1. The van der Waals surface area contributed by atoms with Crippen LogP contribution in [0.15, 0.2) is 12.3 Å². The third-order valence-corrected chi connectivity index (χ3v) is 5.03. The van der Waals surface area contributed by atoms with Gasteiger partial charge in [-0.1, -0.05) is 31.9 Å². The predicted molar refractivity (Wildman–Crippen MR) is 107 cm³/mol. The van der Waals surface area contributed by atoms with E-state index in [0.29, 0.717) is 18.7 Å². The maximum absolute atomic E-state index is 13.0. The van der Waals surface area contributed by atoms with Gasteiger partial charge in [-0.3, -0.25) is 4.57 Å². The maximum atomic E-state index is 13.0. The molecule has 2 aromatic rings. The van der Waals surface area contributed by atoms with E-state index in [9.17, 15) is 39.9 Å². The molecule has 0 fully saturated rings. The molecule has 0 aromatic carbocycles. The monoisotopic (exact) mass is 537 g/mol. The lowest BCUT2D eigenvalue weighted by atomic mass is 9.99. The van der Waals surface area contributed by atoms with Crippen molar-refractivity contribution in [3.8, 4) is 11.6 Å². The molecule has 0 N–H and O–H groups in total. The minimum atomic E-state index is -5.64. The Morgan fingerprint density at radius 2 is 1.77 bits per heavy atom. The Morgan fingerprint density at radius 1 is 1.14 bits per heavy atom. The first-order valence-electron chi connectivity index (χ1n) is 10.2. The normalized spacial score (nSPS) is 12.5. The van der Waals surface area contributed by atoms with Crippen molar-refractivity contribution in [3.05, 3.63) is 34.5 Å². The van der Waals surface area contributed by atoms with Gasteiger partial charge in [0.05, 0.1) is 6.61 Å². The lowest BCUT2D eigenvalue weighted by molar-refractivity contribution is -0.283. The van der Waals surface area contributed by atoms with Crippen LogP contribution in [0.25, 0.3) is 5.82 Å². The summed E-state index contributed by atoms with van der Waals surface area (Å²) < 4.78 is 114. The Morgan fingerprint density at radius 3 is 2.29 bits per heavy atom. The van der Waals surface area contributed by atoms with E-state index in [1.807, 2.05) is 6.92 Å². The number of pyridine rings is 1. The summed E-state index contributed by atoms with van der Waals surface area (Å²) in [6.45, 7) is -0.0130. The summed E-state index contributed by atoms with van der Waals surface area (Å²) >= 11 is 6.22. The van der Waals surface area contributed by atoms with Crippen LogP contribution >= 0.6 is 11.6 Å². The molecule has 0 saturated heterocycles. The summed E-state index contributed by atoms with van der Waals surface area (Å²) in [6.07, 6.45) is -10.9. The first kappa shape index (κ1) is 28.6. The number of hydrogen-bond acceptors (Lipinski definition) is 5. The molecule has 0 aliphatic rings. The fourth-order valence-electron chi connectivity index (χ4n) is 3.00. The topological polar surface area (TPSA) is 66.2 Å². The van der Waals surface area contributed by atoms with Crippen LogP contribution < -0.4 is 4.74 Å². The molecule has 0 amide bonds. The molecule has 2 heterocycles. The molecule has 0 saturated carbocycles. The predicted octanol–water partition coefficient (Wildman–Crippen LogP) is 6.32. The van der Waals surface area contributed by atoms with E-state index in [1.54, 1.807) is 6.92 Å². The number of nitrogens with zero attached hydrogens (tertiary/aromatic N) is 3. The quantitative estimate of drug-likeness (QED) is 0.201. The highest BCUT2D eigenvalue weighted by molar-refractivity contribution is 6.32. The Bertz CT molecular complexity index is 1010. The second-order valence-corrected chi connectivity index (χ2v) is 7.59. The molecule has 0 aliphatic heterocycles. The number of unbranched alkanes of at least 4 members (excludes halogenated alkanes) is 1. The summed E-state index contributed by atoms with van der Waals surface area (Å²) in [4.78, 5) is 20.1. The number of carbonyl (C=O) groups excluding carboxylic acids is 1. The summed E-state index contributed by atoms with van der Waals surface area (Å²) in [7, 11) is 0. The van der Waals surface area contributed by atoms with Gasteiger partial charge < -0.3 is 9.47 Å². The number of esters is 1. The fraction of sp³-hybridized carbons (Fsp3) is 0.550. The van der Waals surface area contributed by atoms with E-state index in [0.717, 1.165) is 11.0 Å². The average molecular weight is 538 g/mol. The second kappa shape index (κ2) is 11.4. The molecule has 2 rings (SSSR count). The zero-order chi connectivity index (χ0) is 26.6. The van der Waals surface area contributed by atoms with Crippen molar-refractivity contribution in [2.75, 3.05) is 6.61 Å². The second-order valence-electron chi connectivity index (χ2n) is 7.23. The van der Waals surface area contributed by atoms with Crippen molar-refractivity contribution in [2.45, 2.75) is 58.5 Å². The van der Waals surface area contributed by atoms with E-state index >= 15 is 0 Å². The van der Waals surface area contributed by atoms with Crippen LogP contribution in [0.4, 0.5) is 35.1 Å². The Labute approximate surface area is 199 Å². The number of aryl methyl sites for hydroxylation is 1. The number of hydrogen-bond donors (Lipinski definition) is 0. The van der Waals surface area contributed by atoms with E-state index < -0.39 is 59.6 Å². The highest BCUT2D eigenvalue weighted by Crippen LogP contribution is 2.42. The number of rotatable bonds is 10. The molecule has 35 heavy (non-hydrogen) atoms. The first-order chi connectivity index (χ1) is 16.2. The van der Waals surface area contributed by atoms with E-state index in [2.05, 4.69) is 14.7 Å².